The van der Waals surface area contributed by atoms with Gasteiger partial charge in [0.1, 0.15) is 6.34 Å². The van der Waals surface area contributed by atoms with E-state index in [-0.39, 0.29) is 0 Å². The van der Waals surface area contributed by atoms with Crippen LogP contribution in [-0.2, 0) is 0 Å². The van der Waals surface area contributed by atoms with Crippen molar-refractivity contribution >= 4 is 36.4 Å². The van der Waals surface area contributed by atoms with Gasteiger partial charge in [-0.2, -0.15) is 4.40 Å². The Bertz CT molecular complexity index is 375. The van der Waals surface area contributed by atoms with Crippen LogP contribution < -0.4 is 5.14 Å². The van der Waals surface area contributed by atoms with E-state index in [1.165, 1.54) is 16.8 Å². The monoisotopic (exact) mass is 239 g/mol. The molecule has 0 atom stereocenters. The van der Waals surface area contributed by atoms with Crippen molar-refractivity contribution in [1.29, 1.82) is 0 Å². The molecule has 0 unspecified atom stereocenters. The van der Waals surface area contributed by atoms with Crippen molar-refractivity contribution in [1.82, 2.24) is 0 Å². The van der Waals surface area contributed by atoms with Crippen molar-refractivity contribution in [3.8, 4) is 0 Å². The molecule has 1 rings (SSSR count). The molecule has 80 valence electrons. The molecule has 0 aromatic heterocycles. The highest BCUT2D eigenvalue weighted by molar-refractivity contribution is 7.98. The van der Waals surface area contributed by atoms with Crippen molar-refractivity contribution < 1.29 is 0 Å². The van der Waals surface area contributed by atoms with Gasteiger partial charge in [0.05, 0.1) is 12.1 Å². The summed E-state index contributed by atoms with van der Waals surface area (Å²) >= 11 is 2.64. The minimum atomic E-state index is 0.898. The first-order chi connectivity index (χ1) is 7.27. The number of aryl methyl sites for hydroxylation is 1. The van der Waals surface area contributed by atoms with E-state index in [0.717, 1.165) is 17.7 Å². The quantitative estimate of drug-likeness (QED) is 0.380. The van der Waals surface area contributed by atoms with Gasteiger partial charge in [-0.15, -0.1) is 11.8 Å². The summed E-state index contributed by atoms with van der Waals surface area (Å²) < 4.78 is 3.71. The lowest BCUT2D eigenvalue weighted by molar-refractivity contribution is 1.30. The molecule has 0 fully saturated rings. The summed E-state index contributed by atoms with van der Waals surface area (Å²) in [4.78, 5) is 5.29. The zero-order chi connectivity index (χ0) is 11.1. The summed E-state index contributed by atoms with van der Waals surface area (Å²) in [5.41, 5.74) is 2.33. The van der Waals surface area contributed by atoms with Crippen LogP contribution in [0.3, 0.4) is 0 Å². The van der Waals surface area contributed by atoms with Gasteiger partial charge in [-0.25, -0.2) is 4.99 Å². The van der Waals surface area contributed by atoms with E-state index in [2.05, 4.69) is 34.7 Å². The molecule has 15 heavy (non-hydrogen) atoms. The Morgan fingerprint density at radius 2 is 2.20 bits per heavy atom. The van der Waals surface area contributed by atoms with Crippen molar-refractivity contribution in [3.05, 3.63) is 29.3 Å². The van der Waals surface area contributed by atoms with E-state index >= 15 is 0 Å². The molecular formula is C10H13N3S2. The van der Waals surface area contributed by atoms with Crippen LogP contribution in [0.4, 0.5) is 0 Å². The molecule has 0 radical (unpaired) electrons. The first kappa shape index (κ1) is 12.3. The molecule has 1 aromatic rings. The topological polar surface area (TPSA) is 50.7 Å². The molecule has 0 spiro atoms. The molecule has 3 nitrogen and oxygen atoms in total. The summed E-state index contributed by atoms with van der Waals surface area (Å²) in [7, 11) is 0. The fourth-order valence-corrected chi connectivity index (χ4v) is 1.85. The number of nitrogens with zero attached hydrogens (tertiary/aromatic N) is 2. The summed E-state index contributed by atoms with van der Waals surface area (Å²) in [5, 5.41) is 5.11. The number of benzene rings is 1. The zero-order valence-corrected chi connectivity index (χ0v) is 10.3. The Kier molecular flexibility index (Phi) is 5.45. The van der Waals surface area contributed by atoms with Crippen LogP contribution in [0.15, 0.2) is 32.5 Å². The summed E-state index contributed by atoms with van der Waals surface area (Å²) in [6.07, 6.45) is 5.26. The maximum atomic E-state index is 5.11. The van der Waals surface area contributed by atoms with Crippen LogP contribution in [0.25, 0.3) is 0 Å². The first-order valence-electron chi connectivity index (χ1n) is 4.33. The van der Waals surface area contributed by atoms with Crippen LogP contribution in [0, 0.1) is 6.92 Å². The van der Waals surface area contributed by atoms with Crippen LogP contribution in [0.5, 0.6) is 0 Å². The van der Waals surface area contributed by atoms with Crippen molar-refractivity contribution in [2.75, 3.05) is 6.26 Å². The van der Waals surface area contributed by atoms with Gasteiger partial charge in [-0.05, 0) is 36.4 Å². The predicted octanol–water partition coefficient (Wildman–Crippen LogP) is 2.69. The van der Waals surface area contributed by atoms with Crippen molar-refractivity contribution in [2.45, 2.75) is 11.8 Å². The maximum absolute atomic E-state index is 5.11. The van der Waals surface area contributed by atoms with Crippen molar-refractivity contribution in [3.63, 3.8) is 0 Å². The number of hydrogen-bond donors (Lipinski definition) is 1. The van der Waals surface area contributed by atoms with Gasteiger partial charge < -0.3 is 0 Å². The molecular weight excluding hydrogens is 226 g/mol. The second kappa shape index (κ2) is 6.66. The Balaban J connectivity index is 2.75. The van der Waals surface area contributed by atoms with E-state index in [4.69, 9.17) is 5.14 Å². The smallest absolute Gasteiger partial charge is 0.125 e. The Morgan fingerprint density at radius 3 is 2.80 bits per heavy atom. The Labute approximate surface area is 98.5 Å². The van der Waals surface area contributed by atoms with Gasteiger partial charge in [0.2, 0.25) is 0 Å². The molecule has 0 amide bonds. The van der Waals surface area contributed by atoms with E-state index in [1.807, 2.05) is 6.07 Å². The van der Waals surface area contributed by atoms with E-state index in [9.17, 15) is 0 Å². The number of rotatable bonds is 4. The predicted molar refractivity (Wildman–Crippen MR) is 70.8 cm³/mol. The normalized spacial score (nSPS) is 11.7. The number of aliphatic imine (C=N–C) groups is 1. The first-order valence-corrected chi connectivity index (χ1v) is 6.39. The summed E-state index contributed by atoms with van der Waals surface area (Å²) in [6.45, 7) is 2.09. The fourth-order valence-electron chi connectivity index (χ4n) is 1.16. The largest absolute Gasteiger partial charge is 0.258 e. The van der Waals surface area contributed by atoms with Crippen LogP contribution in [0.1, 0.15) is 11.1 Å². The lowest BCUT2D eigenvalue weighted by atomic mass is 10.1. The third-order valence-corrected chi connectivity index (χ3v) is 2.93. The SMILES string of the molecule is CSc1ccc(C=NC=NSN)cc1C. The average Bonchev–Trinajstić information content (AvgIpc) is 2.25. The summed E-state index contributed by atoms with van der Waals surface area (Å²) in [6, 6.07) is 6.22. The molecule has 0 bridgehead atoms. The Hall–Kier alpha value is -0.780. The van der Waals surface area contributed by atoms with Crippen molar-refractivity contribution in [2.24, 2.45) is 14.5 Å². The highest BCUT2D eigenvalue weighted by Gasteiger charge is 1.96. The number of nitrogens with two attached hydrogens (primary N) is 1. The van der Waals surface area contributed by atoms with Crippen LogP contribution >= 0.6 is 23.9 Å². The van der Waals surface area contributed by atoms with Gasteiger partial charge in [-0.3, -0.25) is 5.14 Å². The van der Waals surface area contributed by atoms with Gasteiger partial charge in [0.15, 0.2) is 0 Å². The minimum Gasteiger partial charge on any atom is -0.258 e. The van der Waals surface area contributed by atoms with E-state index in [1.54, 1.807) is 18.0 Å². The second-order valence-electron chi connectivity index (χ2n) is 2.83. The molecule has 0 saturated heterocycles. The minimum absolute atomic E-state index is 0.898. The third-order valence-electron chi connectivity index (χ3n) is 1.82. The molecule has 0 aliphatic carbocycles. The lowest BCUT2D eigenvalue weighted by Crippen LogP contribution is -1.85. The highest BCUT2D eigenvalue weighted by atomic mass is 32.2. The lowest BCUT2D eigenvalue weighted by Gasteiger charge is -2.02. The summed E-state index contributed by atoms with van der Waals surface area (Å²) in [5.74, 6) is 0. The van der Waals surface area contributed by atoms with E-state index in [0.29, 0.717) is 0 Å². The molecule has 0 aliphatic heterocycles. The zero-order valence-electron chi connectivity index (χ0n) is 8.68. The standard InChI is InChI=1S/C10H13N3S2/c1-8-5-9(3-4-10(8)14-2)6-12-7-13-15-11/h3-7H,11H2,1-2H3. The fraction of sp³-hybridized carbons (Fsp3) is 0.200. The molecule has 0 heterocycles. The molecule has 0 saturated carbocycles. The van der Waals surface area contributed by atoms with Gasteiger partial charge in [0, 0.05) is 11.1 Å². The van der Waals surface area contributed by atoms with Crippen LogP contribution in [0.2, 0.25) is 0 Å². The maximum Gasteiger partial charge on any atom is 0.125 e. The average molecular weight is 239 g/mol. The van der Waals surface area contributed by atoms with Gasteiger partial charge in [0.25, 0.3) is 0 Å². The van der Waals surface area contributed by atoms with Crippen LogP contribution in [-0.4, -0.2) is 18.8 Å². The third kappa shape index (κ3) is 4.07. The number of hydrogen-bond acceptors (Lipinski definition) is 4. The highest BCUT2D eigenvalue weighted by Crippen LogP contribution is 2.19. The molecule has 2 N–H and O–H groups in total. The molecule has 0 aliphatic rings. The second-order valence-corrected chi connectivity index (χ2v) is 4.10. The van der Waals surface area contributed by atoms with Gasteiger partial charge >= 0.3 is 0 Å². The molecule has 5 heteroatoms. The van der Waals surface area contributed by atoms with Gasteiger partial charge in [-0.1, -0.05) is 6.07 Å². The number of thioether (sulfide) groups is 1. The van der Waals surface area contributed by atoms with E-state index < -0.39 is 0 Å². The molecule has 1 aromatic carbocycles. The Morgan fingerprint density at radius 1 is 1.40 bits per heavy atom.